The number of halogens is 2. The Morgan fingerprint density at radius 3 is 0.545 bits per heavy atom. The fourth-order valence-electron chi connectivity index (χ4n) is 5.12. The molecule has 0 aliphatic rings. The van der Waals surface area contributed by atoms with E-state index in [-0.39, 0.29) is 24.8 Å². The topological polar surface area (TPSA) is 0 Å². The van der Waals surface area contributed by atoms with Crippen LogP contribution in [0.1, 0.15) is 0 Å². The second-order valence-corrected chi connectivity index (χ2v) is 12.6. The van der Waals surface area contributed by atoms with Gasteiger partial charge in [0.15, 0.2) is 0 Å². The summed E-state index contributed by atoms with van der Waals surface area (Å²) in [6, 6.07) is 55.5. The zero-order chi connectivity index (χ0) is 21.0. The van der Waals surface area contributed by atoms with Crippen LogP contribution >= 0.6 is 31.4 Å². The summed E-state index contributed by atoms with van der Waals surface area (Å²) in [6.45, 7) is -3.26. The quantitative estimate of drug-likeness (QED) is 0.265. The fourth-order valence-corrected chi connectivity index (χ4v) is 11.9. The van der Waals surface area contributed by atoms with Gasteiger partial charge in [-0.3, -0.25) is 0 Å². The molecule has 0 spiro atoms. The summed E-state index contributed by atoms with van der Waals surface area (Å²) < 4.78 is 0. The summed E-state index contributed by atoms with van der Waals surface area (Å²) in [6.07, 6.45) is 0. The van der Waals surface area contributed by atoms with Crippen molar-refractivity contribution >= 4 is 57.9 Å². The third-order valence-electron chi connectivity index (χ3n) is 6.36. The molecule has 0 N–H and O–H groups in total. The van der Waals surface area contributed by atoms with Crippen molar-refractivity contribution in [3.63, 3.8) is 0 Å². The molecule has 166 valence electrons. The van der Waals surface area contributed by atoms with Gasteiger partial charge in [-0.25, -0.2) is 0 Å². The molecule has 0 amide bonds. The number of hydrogen-bond acceptors (Lipinski definition) is 0. The molecule has 33 heavy (non-hydrogen) atoms. The van der Waals surface area contributed by atoms with Gasteiger partial charge in [0, 0.05) is 0 Å². The maximum atomic E-state index is 2.32. The molecule has 0 bridgehead atoms. The average Bonchev–Trinajstić information content (AvgIpc) is 2.88. The van der Waals surface area contributed by atoms with E-state index in [2.05, 4.69) is 152 Å². The fraction of sp³-hybridized carbons (Fsp3) is 0. The Morgan fingerprint density at radius 2 is 0.394 bits per heavy atom. The van der Waals surface area contributed by atoms with E-state index in [4.69, 9.17) is 0 Å². The van der Waals surface area contributed by atoms with Crippen molar-refractivity contribution in [3.05, 3.63) is 152 Å². The Hall–Kier alpha value is -2.89. The van der Waals surface area contributed by atoms with Crippen molar-refractivity contribution in [2.75, 3.05) is 0 Å². The summed E-state index contributed by atoms with van der Waals surface area (Å²) >= 11 is 0. The number of rotatable bonds is 5. The zero-order valence-electron chi connectivity index (χ0n) is 18.2. The minimum atomic E-state index is -3.26. The van der Waals surface area contributed by atoms with Crippen LogP contribution in [0, 0.1) is 0 Å². The zero-order valence-corrected chi connectivity index (χ0v) is 20.7. The van der Waals surface area contributed by atoms with Gasteiger partial charge in [0.25, 0.3) is 0 Å². The van der Waals surface area contributed by atoms with Gasteiger partial charge in [0.2, 0.25) is 0 Å². The van der Waals surface area contributed by atoms with Crippen molar-refractivity contribution < 1.29 is 0 Å². The van der Waals surface area contributed by atoms with E-state index in [1.165, 1.54) is 26.5 Å². The molecule has 5 aromatic rings. The van der Waals surface area contributed by atoms with E-state index >= 15 is 0 Å². The molecule has 0 saturated carbocycles. The molecular formula is C30H27Cl2P. The number of hydrogen-bond donors (Lipinski definition) is 0. The van der Waals surface area contributed by atoms with Crippen LogP contribution in [0.4, 0.5) is 0 Å². The molecule has 3 heteroatoms. The first-order chi connectivity index (χ1) is 15.4. The van der Waals surface area contributed by atoms with E-state index in [9.17, 15) is 0 Å². The summed E-state index contributed by atoms with van der Waals surface area (Å²) in [4.78, 5) is 0. The minimum absolute atomic E-state index is 0. The molecule has 0 saturated heterocycles. The van der Waals surface area contributed by atoms with Crippen molar-refractivity contribution in [2.45, 2.75) is 0 Å². The molecule has 0 atom stereocenters. The summed E-state index contributed by atoms with van der Waals surface area (Å²) in [5.41, 5.74) is 0. The molecule has 0 heterocycles. The maximum absolute atomic E-state index is 3.26. The third kappa shape index (κ3) is 3.60. The normalized spacial score (nSPS) is 11.8. The van der Waals surface area contributed by atoms with Crippen LogP contribution in [0.5, 0.6) is 0 Å². The first-order valence-corrected chi connectivity index (χ1v) is 12.9. The molecule has 0 aliphatic heterocycles. The third-order valence-corrected chi connectivity index (χ3v) is 13.0. The monoisotopic (exact) mass is 488 g/mol. The van der Waals surface area contributed by atoms with Gasteiger partial charge >= 0.3 is 185 Å². The van der Waals surface area contributed by atoms with Crippen LogP contribution in [0.15, 0.2) is 152 Å². The second-order valence-electron chi connectivity index (χ2n) is 7.80. The standard InChI is InChI=1S/C30H25P.2ClH/c1-6-16-26(17-7-1)31(27-18-8-2-9-19-27,28-20-10-3-11-21-28,29-22-12-4-13-23-29)30-24-14-5-15-25-30;;/h1-25H;2*1H. The van der Waals surface area contributed by atoms with E-state index in [0.717, 1.165) is 0 Å². The van der Waals surface area contributed by atoms with Crippen molar-refractivity contribution in [1.82, 2.24) is 0 Å². The first kappa shape index (κ1) is 24.7. The van der Waals surface area contributed by atoms with E-state index in [1.54, 1.807) is 0 Å². The molecule has 0 radical (unpaired) electrons. The van der Waals surface area contributed by atoms with Crippen molar-refractivity contribution in [2.24, 2.45) is 0 Å². The van der Waals surface area contributed by atoms with Crippen LogP contribution in [0.3, 0.4) is 0 Å². The molecule has 0 aliphatic carbocycles. The molecule has 0 aromatic heterocycles. The summed E-state index contributed by atoms with van der Waals surface area (Å²) in [5, 5.41) is 6.75. The molecule has 0 unspecified atom stereocenters. The Balaban J connectivity index is 0.00000153. The first-order valence-electron chi connectivity index (χ1n) is 10.7. The van der Waals surface area contributed by atoms with Crippen LogP contribution in [0.2, 0.25) is 0 Å². The molecule has 0 nitrogen and oxygen atoms in total. The Morgan fingerprint density at radius 1 is 0.242 bits per heavy atom. The van der Waals surface area contributed by atoms with Gasteiger partial charge in [0.1, 0.15) is 0 Å². The van der Waals surface area contributed by atoms with Gasteiger partial charge in [-0.1, -0.05) is 0 Å². The van der Waals surface area contributed by atoms with E-state index in [0.29, 0.717) is 0 Å². The average molecular weight is 489 g/mol. The van der Waals surface area contributed by atoms with Gasteiger partial charge in [0.05, 0.1) is 0 Å². The van der Waals surface area contributed by atoms with Crippen molar-refractivity contribution in [3.8, 4) is 0 Å². The van der Waals surface area contributed by atoms with Crippen LogP contribution in [0.25, 0.3) is 0 Å². The second kappa shape index (κ2) is 10.4. The van der Waals surface area contributed by atoms with Crippen molar-refractivity contribution in [1.29, 1.82) is 0 Å². The van der Waals surface area contributed by atoms with Gasteiger partial charge in [-0.15, -0.1) is 24.8 Å². The van der Waals surface area contributed by atoms with E-state index < -0.39 is 6.60 Å². The van der Waals surface area contributed by atoms with Gasteiger partial charge < -0.3 is 0 Å². The Kier molecular flexibility index (Phi) is 7.77. The Labute approximate surface area is 209 Å². The van der Waals surface area contributed by atoms with Crippen LogP contribution in [-0.2, 0) is 0 Å². The molecule has 5 rings (SSSR count). The number of benzene rings is 5. The summed E-state index contributed by atoms with van der Waals surface area (Å²) in [5.74, 6) is 0. The SMILES string of the molecule is Cl.Cl.c1ccc(P(c2ccccc2)(c2ccccc2)(c2ccccc2)c2ccccc2)cc1. The predicted molar refractivity (Wildman–Crippen MR) is 152 cm³/mol. The van der Waals surface area contributed by atoms with Crippen LogP contribution in [-0.4, -0.2) is 0 Å². The summed E-state index contributed by atoms with van der Waals surface area (Å²) in [7, 11) is 0. The van der Waals surface area contributed by atoms with Crippen LogP contribution < -0.4 is 26.5 Å². The van der Waals surface area contributed by atoms with Gasteiger partial charge in [-0.05, 0) is 0 Å². The molecule has 5 aromatic carbocycles. The Bertz CT molecular complexity index is 1010. The molecular weight excluding hydrogens is 462 g/mol. The van der Waals surface area contributed by atoms with E-state index in [1.807, 2.05) is 0 Å². The van der Waals surface area contributed by atoms with Gasteiger partial charge in [-0.2, -0.15) is 0 Å². The predicted octanol–water partition coefficient (Wildman–Crippen LogP) is 6.01. The molecule has 0 fully saturated rings.